The molecule has 0 fully saturated rings. The van der Waals surface area contributed by atoms with Gasteiger partial charge in [0.2, 0.25) is 11.5 Å². The summed E-state index contributed by atoms with van der Waals surface area (Å²) in [6.07, 6.45) is -5.24. The van der Waals surface area contributed by atoms with Crippen LogP contribution < -0.4 is 16.2 Å². The molecule has 0 spiro atoms. The molecule has 0 saturated carbocycles. The van der Waals surface area contributed by atoms with E-state index in [2.05, 4.69) is 4.98 Å². The molecule has 1 aliphatic heterocycles. The Balaban J connectivity index is 2.39. The number of carbonyl (C=O) groups excluding carboxylic acids is 1. The summed E-state index contributed by atoms with van der Waals surface area (Å²) in [5.74, 6) is -3.86. The third-order valence-electron chi connectivity index (χ3n) is 5.06. The number of alkyl halides is 3. The standard InChI is InChI=1S/C18H15ClF5N3O3/c1-16(15(26)28)6-30-14-8(16)4-11(17(29,5-25)18(22,23)24)27-13(14)7-2-9(19)12(21)10(20)3-7/h2-4,29H,5-6,25H2,1H3,(H2,26,28)/t16-,17-/m0/s1. The van der Waals surface area contributed by atoms with Gasteiger partial charge < -0.3 is 21.3 Å². The summed E-state index contributed by atoms with van der Waals surface area (Å²) in [5.41, 5.74) is 3.69. The molecular weight excluding hydrogens is 437 g/mol. The number of halogens is 6. The highest BCUT2D eigenvalue weighted by molar-refractivity contribution is 6.31. The van der Waals surface area contributed by atoms with E-state index in [0.717, 1.165) is 12.1 Å². The van der Waals surface area contributed by atoms with Crippen molar-refractivity contribution >= 4 is 17.5 Å². The van der Waals surface area contributed by atoms with E-state index >= 15 is 0 Å². The molecule has 0 unspecified atom stereocenters. The normalized spacial score (nSPS) is 20.4. The van der Waals surface area contributed by atoms with Crippen LogP contribution in [0.3, 0.4) is 0 Å². The Morgan fingerprint density at radius 1 is 1.33 bits per heavy atom. The zero-order valence-electron chi connectivity index (χ0n) is 15.3. The number of benzene rings is 1. The maximum absolute atomic E-state index is 13.9. The maximum Gasteiger partial charge on any atom is 0.424 e. The van der Waals surface area contributed by atoms with Crippen molar-refractivity contribution < 1.29 is 36.6 Å². The Hall–Kier alpha value is -2.50. The minimum absolute atomic E-state index is 0.119. The zero-order chi connectivity index (χ0) is 22.6. The van der Waals surface area contributed by atoms with Crippen LogP contribution in [0.2, 0.25) is 5.02 Å². The van der Waals surface area contributed by atoms with Gasteiger partial charge in [-0.2, -0.15) is 13.2 Å². The molecule has 0 radical (unpaired) electrons. The van der Waals surface area contributed by atoms with Crippen molar-refractivity contribution in [3.8, 4) is 17.0 Å². The summed E-state index contributed by atoms with van der Waals surface area (Å²) in [6, 6.07) is 2.38. The minimum Gasteiger partial charge on any atom is -0.489 e. The third-order valence-corrected chi connectivity index (χ3v) is 5.34. The number of nitrogens with zero attached hydrogens (tertiary/aromatic N) is 1. The van der Waals surface area contributed by atoms with Gasteiger partial charge in [0.15, 0.2) is 11.6 Å². The number of ether oxygens (including phenoxy) is 1. The van der Waals surface area contributed by atoms with Crippen molar-refractivity contribution in [2.75, 3.05) is 13.2 Å². The monoisotopic (exact) mass is 451 g/mol. The molecule has 0 bridgehead atoms. The summed E-state index contributed by atoms with van der Waals surface area (Å²) in [7, 11) is 0. The molecule has 1 aromatic carbocycles. The van der Waals surface area contributed by atoms with E-state index in [1.54, 1.807) is 0 Å². The molecule has 12 heteroatoms. The Kier molecular flexibility index (Phi) is 5.20. The topological polar surface area (TPSA) is 111 Å². The molecule has 2 heterocycles. The van der Waals surface area contributed by atoms with Gasteiger partial charge in [0.25, 0.3) is 0 Å². The van der Waals surface area contributed by atoms with Gasteiger partial charge in [0.1, 0.15) is 23.5 Å². The Bertz CT molecular complexity index is 1030. The molecule has 2 aromatic rings. The van der Waals surface area contributed by atoms with Crippen molar-refractivity contribution in [2.24, 2.45) is 11.5 Å². The predicted molar refractivity (Wildman–Crippen MR) is 95.6 cm³/mol. The highest BCUT2D eigenvalue weighted by Crippen LogP contribution is 2.48. The van der Waals surface area contributed by atoms with E-state index in [1.165, 1.54) is 6.92 Å². The molecule has 6 nitrogen and oxygen atoms in total. The number of pyridine rings is 1. The van der Waals surface area contributed by atoms with Crippen LogP contribution in [-0.4, -0.2) is 35.3 Å². The summed E-state index contributed by atoms with van der Waals surface area (Å²) in [6.45, 7) is -0.323. The average Bonchev–Trinajstić information content (AvgIpc) is 3.01. The quantitative estimate of drug-likeness (QED) is 0.488. The number of primary amides is 1. The van der Waals surface area contributed by atoms with Gasteiger partial charge in [-0.1, -0.05) is 11.6 Å². The Labute approximate surface area is 171 Å². The first kappa shape index (κ1) is 22.2. The average molecular weight is 452 g/mol. The van der Waals surface area contributed by atoms with Crippen LogP contribution in [-0.2, 0) is 15.8 Å². The molecule has 3 rings (SSSR count). The minimum atomic E-state index is -5.24. The molecule has 0 aliphatic carbocycles. The lowest BCUT2D eigenvalue weighted by Crippen LogP contribution is -2.49. The number of nitrogens with two attached hydrogens (primary N) is 2. The summed E-state index contributed by atoms with van der Waals surface area (Å²) in [4.78, 5) is 15.8. The highest BCUT2D eigenvalue weighted by Gasteiger charge is 2.56. The van der Waals surface area contributed by atoms with Gasteiger partial charge in [-0.15, -0.1) is 0 Å². The van der Waals surface area contributed by atoms with Crippen LogP contribution in [0, 0.1) is 11.6 Å². The second-order valence-electron chi connectivity index (χ2n) is 7.03. The maximum atomic E-state index is 13.9. The van der Waals surface area contributed by atoms with Crippen LogP contribution in [0.15, 0.2) is 18.2 Å². The van der Waals surface area contributed by atoms with Crippen molar-refractivity contribution in [1.29, 1.82) is 0 Å². The SMILES string of the molecule is C[C@]1(C(N)=O)COc2c1cc([C@@](O)(CN)C(F)(F)F)nc2-c1cc(F)c(F)c(Cl)c1. The second kappa shape index (κ2) is 7.03. The van der Waals surface area contributed by atoms with Crippen LogP contribution >= 0.6 is 11.6 Å². The van der Waals surface area contributed by atoms with Crippen LogP contribution in [0.25, 0.3) is 11.3 Å². The first-order valence-electron chi connectivity index (χ1n) is 8.39. The number of aromatic nitrogens is 1. The van der Waals surface area contributed by atoms with Gasteiger partial charge in [0.05, 0.1) is 10.7 Å². The number of aliphatic hydroxyl groups is 1. The van der Waals surface area contributed by atoms with Gasteiger partial charge in [-0.3, -0.25) is 4.79 Å². The van der Waals surface area contributed by atoms with E-state index in [4.69, 9.17) is 27.8 Å². The predicted octanol–water partition coefficient (Wildman–Crippen LogP) is 2.52. The van der Waals surface area contributed by atoms with Crippen molar-refractivity contribution in [3.05, 3.63) is 46.1 Å². The van der Waals surface area contributed by atoms with Gasteiger partial charge in [0, 0.05) is 17.7 Å². The van der Waals surface area contributed by atoms with Gasteiger partial charge in [-0.05, 0) is 25.1 Å². The fraction of sp³-hybridized carbons (Fsp3) is 0.333. The molecule has 2 atom stereocenters. The smallest absolute Gasteiger partial charge is 0.424 e. The van der Waals surface area contributed by atoms with E-state index in [-0.39, 0.29) is 23.5 Å². The summed E-state index contributed by atoms with van der Waals surface area (Å²) >= 11 is 5.65. The van der Waals surface area contributed by atoms with Crippen LogP contribution in [0.1, 0.15) is 18.2 Å². The first-order valence-corrected chi connectivity index (χ1v) is 8.77. The highest BCUT2D eigenvalue weighted by atomic mass is 35.5. The molecule has 1 aliphatic rings. The van der Waals surface area contributed by atoms with Crippen LogP contribution in [0.4, 0.5) is 22.0 Å². The fourth-order valence-electron chi connectivity index (χ4n) is 3.05. The molecule has 30 heavy (non-hydrogen) atoms. The van der Waals surface area contributed by atoms with Crippen LogP contribution in [0.5, 0.6) is 5.75 Å². The lowest BCUT2D eigenvalue weighted by molar-refractivity contribution is -0.263. The first-order chi connectivity index (χ1) is 13.8. The lowest BCUT2D eigenvalue weighted by atomic mass is 9.82. The van der Waals surface area contributed by atoms with E-state index in [9.17, 15) is 31.9 Å². The number of fused-ring (bicyclic) bond motifs is 1. The summed E-state index contributed by atoms with van der Waals surface area (Å²) in [5, 5.41) is 9.60. The van der Waals surface area contributed by atoms with E-state index < -0.39 is 57.7 Å². The molecule has 0 saturated heterocycles. The molecule has 162 valence electrons. The summed E-state index contributed by atoms with van der Waals surface area (Å²) < 4.78 is 73.7. The second-order valence-corrected chi connectivity index (χ2v) is 7.44. The lowest BCUT2D eigenvalue weighted by Gasteiger charge is -2.30. The Morgan fingerprint density at radius 2 is 1.97 bits per heavy atom. The van der Waals surface area contributed by atoms with Crippen molar-refractivity contribution in [3.63, 3.8) is 0 Å². The number of hydrogen-bond acceptors (Lipinski definition) is 5. The molecule has 5 N–H and O–H groups in total. The molecule has 1 amide bonds. The number of carbonyl (C=O) groups is 1. The zero-order valence-corrected chi connectivity index (χ0v) is 16.0. The van der Waals surface area contributed by atoms with E-state index in [1.807, 2.05) is 0 Å². The largest absolute Gasteiger partial charge is 0.489 e. The third kappa shape index (κ3) is 3.17. The number of rotatable bonds is 4. The van der Waals surface area contributed by atoms with E-state index in [0.29, 0.717) is 6.07 Å². The van der Waals surface area contributed by atoms with Crippen molar-refractivity contribution in [1.82, 2.24) is 4.98 Å². The van der Waals surface area contributed by atoms with Gasteiger partial charge in [-0.25, -0.2) is 13.8 Å². The molecular formula is C18H15ClF5N3O3. The molecule has 1 aromatic heterocycles. The fourth-order valence-corrected chi connectivity index (χ4v) is 3.26. The number of amides is 1. The van der Waals surface area contributed by atoms with Crippen molar-refractivity contribution in [2.45, 2.75) is 24.1 Å². The van der Waals surface area contributed by atoms with Gasteiger partial charge >= 0.3 is 6.18 Å². The number of hydrogen-bond donors (Lipinski definition) is 3. The Morgan fingerprint density at radius 3 is 2.47 bits per heavy atom.